The molecule has 0 aliphatic heterocycles. The molecule has 0 atom stereocenters. The summed E-state index contributed by atoms with van der Waals surface area (Å²) < 4.78 is 0. The van der Waals surface area contributed by atoms with Crippen molar-refractivity contribution in [1.82, 2.24) is 0 Å². The Morgan fingerprint density at radius 1 is 0.696 bits per heavy atom. The van der Waals surface area contributed by atoms with Crippen LogP contribution in [0.3, 0.4) is 0 Å². The molecule has 0 unspecified atom stereocenters. The Balaban J connectivity index is 1.89. The van der Waals surface area contributed by atoms with Crippen LogP contribution in [0.15, 0.2) is 53.5 Å². The van der Waals surface area contributed by atoms with E-state index in [9.17, 15) is 0 Å². The predicted molar refractivity (Wildman–Crippen MR) is 102 cm³/mol. The third-order valence-corrected chi connectivity index (χ3v) is 4.17. The van der Waals surface area contributed by atoms with Crippen molar-refractivity contribution >= 4 is 11.9 Å². The van der Waals surface area contributed by atoms with E-state index in [0.717, 1.165) is 5.69 Å². The molecule has 0 saturated carbocycles. The van der Waals surface area contributed by atoms with Crippen LogP contribution in [-0.2, 0) is 12.8 Å². The van der Waals surface area contributed by atoms with Gasteiger partial charge in [-0.25, -0.2) is 0 Å². The van der Waals surface area contributed by atoms with Crippen LogP contribution in [0.4, 0.5) is 5.69 Å². The zero-order chi connectivity index (χ0) is 16.3. The zero-order valence-corrected chi connectivity index (χ0v) is 14.6. The van der Waals surface area contributed by atoms with Gasteiger partial charge in [0, 0.05) is 6.21 Å². The van der Waals surface area contributed by atoms with Crippen LogP contribution in [0.5, 0.6) is 0 Å². The van der Waals surface area contributed by atoms with Gasteiger partial charge >= 0.3 is 0 Å². The number of benzene rings is 2. The lowest BCUT2D eigenvalue weighted by Gasteiger charge is -2.02. The molecule has 0 aromatic heterocycles. The number of hydrogen-bond donors (Lipinski definition) is 0. The lowest BCUT2D eigenvalue weighted by atomic mass is 10.1. The molecule has 0 N–H and O–H groups in total. The van der Waals surface area contributed by atoms with Crippen LogP contribution in [0.2, 0.25) is 0 Å². The molecule has 0 bridgehead atoms. The average molecular weight is 307 g/mol. The van der Waals surface area contributed by atoms with Gasteiger partial charge in [0.1, 0.15) is 0 Å². The Hall–Kier alpha value is -1.89. The monoisotopic (exact) mass is 307 g/mol. The molecule has 0 radical (unpaired) electrons. The minimum Gasteiger partial charge on any atom is -0.256 e. The summed E-state index contributed by atoms with van der Waals surface area (Å²) >= 11 is 0. The fourth-order valence-electron chi connectivity index (χ4n) is 2.63. The van der Waals surface area contributed by atoms with Crippen molar-refractivity contribution in [3.05, 3.63) is 65.2 Å². The minimum absolute atomic E-state index is 1.03. The van der Waals surface area contributed by atoms with E-state index in [2.05, 4.69) is 67.4 Å². The van der Waals surface area contributed by atoms with E-state index in [4.69, 9.17) is 0 Å². The summed E-state index contributed by atoms with van der Waals surface area (Å²) in [6.07, 6.45) is 10.7. The second kappa shape index (κ2) is 9.99. The first-order valence-electron chi connectivity index (χ1n) is 9.03. The second-order valence-electron chi connectivity index (χ2n) is 6.23. The maximum Gasteiger partial charge on any atom is 0.0630 e. The highest BCUT2D eigenvalue weighted by Crippen LogP contribution is 2.15. The number of aryl methyl sites for hydroxylation is 2. The van der Waals surface area contributed by atoms with Gasteiger partial charge in [-0.15, -0.1) is 0 Å². The Morgan fingerprint density at radius 3 is 1.87 bits per heavy atom. The van der Waals surface area contributed by atoms with Gasteiger partial charge in [0.15, 0.2) is 0 Å². The van der Waals surface area contributed by atoms with Crippen molar-refractivity contribution in [2.45, 2.75) is 58.8 Å². The highest BCUT2D eigenvalue weighted by molar-refractivity contribution is 5.81. The van der Waals surface area contributed by atoms with E-state index >= 15 is 0 Å². The smallest absolute Gasteiger partial charge is 0.0630 e. The normalized spacial score (nSPS) is 11.2. The Morgan fingerprint density at radius 2 is 1.26 bits per heavy atom. The van der Waals surface area contributed by atoms with Crippen molar-refractivity contribution < 1.29 is 0 Å². The van der Waals surface area contributed by atoms with Gasteiger partial charge in [-0.05, 0) is 54.5 Å². The predicted octanol–water partition coefficient (Wildman–Crippen LogP) is 6.51. The zero-order valence-electron chi connectivity index (χ0n) is 14.6. The highest BCUT2D eigenvalue weighted by Gasteiger charge is 1.95. The number of hydrogen-bond acceptors (Lipinski definition) is 1. The van der Waals surface area contributed by atoms with Crippen molar-refractivity contribution in [3.8, 4) is 0 Å². The lowest BCUT2D eigenvalue weighted by molar-refractivity contribution is 0.717. The number of nitrogens with zero attached hydrogens (tertiary/aromatic N) is 1. The quantitative estimate of drug-likeness (QED) is 0.370. The maximum absolute atomic E-state index is 4.58. The standard InChI is InChI=1S/C22H29N/c1-3-5-7-9-20-10-12-21(13-11-20)18-23-22-16-14-19(15-17-22)8-6-4-2/h10-18H,3-9H2,1-2H3. The van der Waals surface area contributed by atoms with E-state index in [1.165, 1.54) is 61.6 Å². The fraction of sp³-hybridized carbons (Fsp3) is 0.409. The fourth-order valence-corrected chi connectivity index (χ4v) is 2.63. The molecule has 2 rings (SSSR count). The Bertz CT molecular complexity index is 578. The molecule has 0 amide bonds. The van der Waals surface area contributed by atoms with Crippen molar-refractivity contribution in [1.29, 1.82) is 0 Å². The third-order valence-electron chi connectivity index (χ3n) is 4.17. The molecule has 0 spiro atoms. The van der Waals surface area contributed by atoms with Gasteiger partial charge in [0.25, 0.3) is 0 Å². The van der Waals surface area contributed by atoms with E-state index in [-0.39, 0.29) is 0 Å². The topological polar surface area (TPSA) is 12.4 Å². The van der Waals surface area contributed by atoms with Crippen molar-refractivity contribution in [2.24, 2.45) is 4.99 Å². The molecule has 2 aromatic carbocycles. The van der Waals surface area contributed by atoms with Crippen molar-refractivity contribution in [2.75, 3.05) is 0 Å². The average Bonchev–Trinajstić information content (AvgIpc) is 2.60. The summed E-state index contributed by atoms with van der Waals surface area (Å²) in [5.74, 6) is 0. The molecular weight excluding hydrogens is 278 g/mol. The van der Waals surface area contributed by atoms with Gasteiger partial charge in [0.2, 0.25) is 0 Å². The summed E-state index contributed by atoms with van der Waals surface area (Å²) in [6.45, 7) is 4.48. The molecule has 0 saturated heterocycles. The van der Waals surface area contributed by atoms with Crippen LogP contribution >= 0.6 is 0 Å². The Kier molecular flexibility index (Phi) is 7.59. The van der Waals surface area contributed by atoms with E-state index in [1.807, 2.05) is 6.21 Å². The van der Waals surface area contributed by atoms with Gasteiger partial charge in [-0.3, -0.25) is 4.99 Å². The maximum atomic E-state index is 4.58. The van der Waals surface area contributed by atoms with Crippen LogP contribution < -0.4 is 0 Å². The first kappa shape index (κ1) is 17.5. The summed E-state index contributed by atoms with van der Waals surface area (Å²) in [5.41, 5.74) is 5.02. The molecule has 0 aliphatic carbocycles. The third kappa shape index (κ3) is 6.40. The molecular formula is C22H29N. The van der Waals surface area contributed by atoms with Crippen LogP contribution in [0, 0.1) is 0 Å². The highest BCUT2D eigenvalue weighted by atomic mass is 14.7. The molecule has 1 heteroatoms. The summed E-state index contributed by atoms with van der Waals surface area (Å²) in [7, 11) is 0. The number of rotatable bonds is 9. The van der Waals surface area contributed by atoms with E-state index < -0.39 is 0 Å². The van der Waals surface area contributed by atoms with Crippen LogP contribution in [0.1, 0.15) is 62.6 Å². The summed E-state index contributed by atoms with van der Waals surface area (Å²) in [5, 5.41) is 0. The SMILES string of the molecule is CCCCCc1ccc(C=Nc2ccc(CCCC)cc2)cc1. The molecule has 23 heavy (non-hydrogen) atoms. The molecule has 0 fully saturated rings. The van der Waals surface area contributed by atoms with E-state index in [0.29, 0.717) is 0 Å². The summed E-state index contributed by atoms with van der Waals surface area (Å²) in [6, 6.07) is 17.4. The second-order valence-corrected chi connectivity index (χ2v) is 6.23. The van der Waals surface area contributed by atoms with Crippen molar-refractivity contribution in [3.63, 3.8) is 0 Å². The van der Waals surface area contributed by atoms with Gasteiger partial charge in [-0.2, -0.15) is 0 Å². The number of aliphatic imine (C=N–C) groups is 1. The van der Waals surface area contributed by atoms with Crippen LogP contribution in [0.25, 0.3) is 0 Å². The van der Waals surface area contributed by atoms with Crippen LogP contribution in [-0.4, -0.2) is 6.21 Å². The first-order valence-corrected chi connectivity index (χ1v) is 9.03. The molecule has 2 aromatic rings. The first-order chi connectivity index (χ1) is 11.3. The van der Waals surface area contributed by atoms with E-state index in [1.54, 1.807) is 0 Å². The van der Waals surface area contributed by atoms with Gasteiger partial charge in [0.05, 0.1) is 5.69 Å². The largest absolute Gasteiger partial charge is 0.256 e. The Labute approximate surface area is 141 Å². The molecule has 122 valence electrons. The molecule has 0 heterocycles. The lowest BCUT2D eigenvalue weighted by Crippen LogP contribution is -1.87. The van der Waals surface area contributed by atoms with Gasteiger partial charge in [-0.1, -0.05) is 69.5 Å². The summed E-state index contributed by atoms with van der Waals surface area (Å²) in [4.78, 5) is 4.58. The minimum atomic E-state index is 1.03. The molecule has 1 nitrogen and oxygen atoms in total. The van der Waals surface area contributed by atoms with Gasteiger partial charge < -0.3 is 0 Å². The molecule has 0 aliphatic rings. The number of unbranched alkanes of at least 4 members (excludes halogenated alkanes) is 3.